The summed E-state index contributed by atoms with van der Waals surface area (Å²) in [6.45, 7) is 11.9. The van der Waals surface area contributed by atoms with Crippen LogP contribution < -0.4 is 22.9 Å². The van der Waals surface area contributed by atoms with Crippen LogP contribution in [0.4, 0.5) is 0 Å². The summed E-state index contributed by atoms with van der Waals surface area (Å²) in [5, 5.41) is 0. The molecule has 0 heterocycles. The van der Waals surface area contributed by atoms with Crippen molar-refractivity contribution in [3.05, 3.63) is 0 Å². The minimum atomic E-state index is -0.237. The van der Waals surface area contributed by atoms with Crippen LogP contribution in [0.2, 0.25) is 0 Å². The standard InChI is InChI=1S/C19H44N4O4/c1-15(20)9-24-7-5-19(13-26-11-17(3)22,14-27-12-18(4)23)6-8-25-10-16(2)21/h15-18H,5-14,20-23H2,1-4H3. The number of nitrogens with two attached hydrogens (primary N) is 4. The van der Waals surface area contributed by atoms with E-state index in [9.17, 15) is 0 Å². The van der Waals surface area contributed by atoms with Gasteiger partial charge in [-0.2, -0.15) is 0 Å². The summed E-state index contributed by atoms with van der Waals surface area (Å²) in [6.07, 6.45) is 1.55. The lowest BCUT2D eigenvalue weighted by molar-refractivity contribution is -0.0603. The molecule has 0 amide bonds. The molecule has 27 heavy (non-hydrogen) atoms. The Kier molecular flexibility index (Phi) is 15.4. The van der Waals surface area contributed by atoms with E-state index in [2.05, 4.69) is 0 Å². The molecule has 0 aliphatic rings. The second-order valence-electron chi connectivity index (χ2n) is 8.09. The van der Waals surface area contributed by atoms with Crippen LogP contribution in [0.15, 0.2) is 0 Å². The zero-order chi connectivity index (χ0) is 20.7. The molecule has 0 fully saturated rings. The monoisotopic (exact) mass is 392 g/mol. The van der Waals surface area contributed by atoms with Crippen LogP contribution in [0.5, 0.6) is 0 Å². The third-order valence-electron chi connectivity index (χ3n) is 3.89. The van der Waals surface area contributed by atoms with Crippen molar-refractivity contribution in [1.29, 1.82) is 0 Å². The molecule has 0 rings (SSSR count). The van der Waals surface area contributed by atoms with Crippen molar-refractivity contribution in [2.75, 3.05) is 52.9 Å². The van der Waals surface area contributed by atoms with E-state index >= 15 is 0 Å². The highest BCUT2D eigenvalue weighted by Gasteiger charge is 2.31. The Labute approximate surface area is 165 Å². The Bertz CT molecular complexity index is 310. The van der Waals surface area contributed by atoms with E-state index in [0.29, 0.717) is 52.9 Å². The topological polar surface area (TPSA) is 141 Å². The average Bonchev–Trinajstić information content (AvgIpc) is 2.54. The van der Waals surface area contributed by atoms with Gasteiger partial charge in [-0.25, -0.2) is 0 Å². The highest BCUT2D eigenvalue weighted by Crippen LogP contribution is 2.29. The normalized spacial score (nSPS) is 18.7. The molecule has 0 saturated carbocycles. The highest BCUT2D eigenvalue weighted by atomic mass is 16.5. The summed E-state index contributed by atoms with van der Waals surface area (Å²) in [7, 11) is 0. The van der Waals surface area contributed by atoms with Gasteiger partial charge >= 0.3 is 0 Å². The first kappa shape index (κ1) is 26.7. The summed E-state index contributed by atoms with van der Waals surface area (Å²) in [5.74, 6) is 0. The zero-order valence-corrected chi connectivity index (χ0v) is 17.8. The van der Waals surface area contributed by atoms with E-state index in [0.717, 1.165) is 12.8 Å². The first-order valence-electron chi connectivity index (χ1n) is 10.00. The van der Waals surface area contributed by atoms with Gasteiger partial charge in [0.1, 0.15) is 0 Å². The second kappa shape index (κ2) is 15.6. The lowest BCUT2D eigenvalue weighted by Crippen LogP contribution is -2.38. The molecular weight excluding hydrogens is 348 g/mol. The maximum absolute atomic E-state index is 5.88. The third-order valence-corrected chi connectivity index (χ3v) is 3.89. The summed E-state index contributed by atoms with van der Waals surface area (Å²) in [4.78, 5) is 0. The zero-order valence-electron chi connectivity index (χ0n) is 17.8. The molecule has 8 heteroatoms. The lowest BCUT2D eigenvalue weighted by Gasteiger charge is -2.34. The molecule has 8 N–H and O–H groups in total. The van der Waals surface area contributed by atoms with Gasteiger partial charge in [0.25, 0.3) is 0 Å². The Hall–Kier alpha value is -0.320. The van der Waals surface area contributed by atoms with Crippen LogP contribution in [0.1, 0.15) is 40.5 Å². The third kappa shape index (κ3) is 16.3. The van der Waals surface area contributed by atoms with Crippen molar-refractivity contribution in [1.82, 2.24) is 0 Å². The summed E-state index contributed by atoms with van der Waals surface area (Å²) in [6, 6.07) is -0.0115. The number of ether oxygens (including phenoxy) is 4. The van der Waals surface area contributed by atoms with E-state index in [4.69, 9.17) is 41.9 Å². The van der Waals surface area contributed by atoms with E-state index in [-0.39, 0.29) is 29.6 Å². The minimum Gasteiger partial charge on any atom is -0.380 e. The maximum Gasteiger partial charge on any atom is 0.0615 e. The fourth-order valence-corrected chi connectivity index (χ4v) is 2.49. The predicted molar refractivity (Wildman–Crippen MR) is 110 cm³/mol. The molecule has 0 radical (unpaired) electrons. The molecule has 0 aromatic carbocycles. The molecule has 0 aromatic rings. The van der Waals surface area contributed by atoms with E-state index in [1.54, 1.807) is 0 Å². The van der Waals surface area contributed by atoms with E-state index in [1.165, 1.54) is 0 Å². The predicted octanol–water partition coefficient (Wildman–Crippen LogP) is 0.208. The smallest absolute Gasteiger partial charge is 0.0615 e. The van der Waals surface area contributed by atoms with Crippen LogP contribution in [0, 0.1) is 5.41 Å². The van der Waals surface area contributed by atoms with Crippen LogP contribution in [-0.2, 0) is 18.9 Å². The largest absolute Gasteiger partial charge is 0.380 e. The van der Waals surface area contributed by atoms with Gasteiger partial charge in [0.2, 0.25) is 0 Å². The molecule has 8 nitrogen and oxygen atoms in total. The fourth-order valence-electron chi connectivity index (χ4n) is 2.49. The van der Waals surface area contributed by atoms with E-state index in [1.807, 2.05) is 27.7 Å². The molecule has 0 aliphatic heterocycles. The second-order valence-corrected chi connectivity index (χ2v) is 8.09. The highest BCUT2D eigenvalue weighted by molar-refractivity contribution is 4.80. The van der Waals surface area contributed by atoms with Crippen molar-refractivity contribution in [2.24, 2.45) is 28.3 Å². The van der Waals surface area contributed by atoms with Crippen molar-refractivity contribution in [3.63, 3.8) is 0 Å². The van der Waals surface area contributed by atoms with Gasteiger partial charge < -0.3 is 41.9 Å². The molecule has 4 atom stereocenters. The Morgan fingerprint density at radius 1 is 0.556 bits per heavy atom. The number of rotatable bonds is 18. The van der Waals surface area contributed by atoms with Crippen molar-refractivity contribution in [2.45, 2.75) is 64.7 Å². The van der Waals surface area contributed by atoms with Gasteiger partial charge in [-0.1, -0.05) is 0 Å². The minimum absolute atomic E-state index is 0.0115. The van der Waals surface area contributed by atoms with Gasteiger partial charge in [0, 0.05) is 42.8 Å². The van der Waals surface area contributed by atoms with Crippen molar-refractivity contribution < 1.29 is 18.9 Å². The van der Waals surface area contributed by atoms with Gasteiger partial charge in [-0.3, -0.25) is 0 Å². The Morgan fingerprint density at radius 3 is 1.15 bits per heavy atom. The molecule has 0 saturated heterocycles. The van der Waals surface area contributed by atoms with Crippen LogP contribution in [0.25, 0.3) is 0 Å². The average molecular weight is 393 g/mol. The molecule has 0 spiro atoms. The number of hydrogen-bond donors (Lipinski definition) is 4. The summed E-state index contributed by atoms with van der Waals surface area (Å²) < 4.78 is 23.2. The summed E-state index contributed by atoms with van der Waals surface area (Å²) >= 11 is 0. The quantitative estimate of drug-likeness (QED) is 0.243. The van der Waals surface area contributed by atoms with Gasteiger partial charge in [0.05, 0.1) is 39.6 Å². The van der Waals surface area contributed by atoms with Gasteiger partial charge in [-0.15, -0.1) is 0 Å². The molecule has 0 aliphatic carbocycles. The Balaban J connectivity index is 4.84. The van der Waals surface area contributed by atoms with Crippen LogP contribution in [0.3, 0.4) is 0 Å². The first-order chi connectivity index (χ1) is 12.7. The molecular formula is C19H44N4O4. The number of hydrogen-bond acceptors (Lipinski definition) is 8. The lowest BCUT2D eigenvalue weighted by atomic mass is 9.83. The van der Waals surface area contributed by atoms with E-state index < -0.39 is 0 Å². The van der Waals surface area contributed by atoms with Gasteiger partial charge in [0.15, 0.2) is 0 Å². The van der Waals surface area contributed by atoms with Crippen molar-refractivity contribution in [3.8, 4) is 0 Å². The van der Waals surface area contributed by atoms with Crippen LogP contribution in [-0.4, -0.2) is 77.0 Å². The van der Waals surface area contributed by atoms with Gasteiger partial charge in [-0.05, 0) is 40.5 Å². The Morgan fingerprint density at radius 2 is 0.852 bits per heavy atom. The van der Waals surface area contributed by atoms with Crippen molar-refractivity contribution >= 4 is 0 Å². The van der Waals surface area contributed by atoms with Crippen LogP contribution >= 0.6 is 0 Å². The molecule has 0 aromatic heterocycles. The molecule has 0 bridgehead atoms. The first-order valence-corrected chi connectivity index (χ1v) is 10.00. The molecule has 164 valence electrons. The maximum atomic E-state index is 5.88. The fraction of sp³-hybridized carbons (Fsp3) is 1.00. The molecule has 4 unspecified atom stereocenters. The summed E-state index contributed by atoms with van der Waals surface area (Å²) in [5.41, 5.74) is 22.9. The SMILES string of the molecule is CC(N)COCCC(CCOCC(C)N)(COCC(C)N)COCC(C)N.